The Morgan fingerprint density at radius 2 is 2.06 bits per heavy atom. The molecule has 3 aromatic heterocycles. The fraction of sp³-hybridized carbons (Fsp3) is 0.600. The van der Waals surface area contributed by atoms with Gasteiger partial charge in [0.2, 0.25) is 10.0 Å². The number of nitrogens with one attached hydrogen (secondary N) is 1. The first kappa shape index (κ1) is 24.4. The van der Waals surface area contributed by atoms with Crippen molar-refractivity contribution in [3.05, 3.63) is 17.1 Å². The van der Waals surface area contributed by atoms with E-state index in [2.05, 4.69) is 25.2 Å². The topological polar surface area (TPSA) is 124 Å². The normalized spacial score (nSPS) is 22.3. The van der Waals surface area contributed by atoms with Crippen molar-refractivity contribution in [2.45, 2.75) is 55.8 Å². The average molecular weight is 530 g/mol. The first-order valence-corrected chi connectivity index (χ1v) is 13.3. The smallest absolute Gasteiger partial charge is 0.291 e. The van der Waals surface area contributed by atoms with Gasteiger partial charge in [-0.2, -0.15) is 4.52 Å². The highest BCUT2D eigenvalue weighted by Crippen LogP contribution is 2.37. The van der Waals surface area contributed by atoms with Crippen LogP contribution in [-0.4, -0.2) is 78.0 Å². The van der Waals surface area contributed by atoms with Crippen molar-refractivity contribution in [2.75, 3.05) is 31.7 Å². The van der Waals surface area contributed by atoms with Crippen molar-refractivity contribution < 1.29 is 26.7 Å². The van der Waals surface area contributed by atoms with Gasteiger partial charge in [-0.25, -0.2) is 21.9 Å². The molecule has 2 fully saturated rings. The number of nitrogens with zero attached hydrogens (tertiary/aromatic N) is 6. The Kier molecular flexibility index (Phi) is 6.24. The number of fused-ring (bicyclic) bond motifs is 1. The molecule has 5 rings (SSSR count). The molecule has 0 bridgehead atoms. The Morgan fingerprint density at radius 3 is 2.71 bits per heavy atom. The van der Waals surface area contributed by atoms with E-state index in [9.17, 15) is 17.2 Å². The molecule has 1 aliphatic heterocycles. The van der Waals surface area contributed by atoms with E-state index in [1.165, 1.54) is 10.6 Å². The molecule has 1 saturated carbocycles. The summed E-state index contributed by atoms with van der Waals surface area (Å²) in [5.41, 5.74) is 0.0258. The molecule has 1 aliphatic carbocycles. The second-order valence-electron chi connectivity index (χ2n) is 9.13. The number of hydrogen-bond donors (Lipinski definition) is 1. The fourth-order valence-corrected chi connectivity index (χ4v) is 6.28. The average Bonchev–Trinajstić information content (AvgIpc) is 3.17. The van der Waals surface area contributed by atoms with E-state index in [0.717, 1.165) is 12.8 Å². The van der Waals surface area contributed by atoms with Gasteiger partial charge in [0, 0.05) is 31.8 Å². The van der Waals surface area contributed by atoms with Gasteiger partial charge in [-0.15, -0.1) is 15.3 Å². The van der Waals surface area contributed by atoms with E-state index in [4.69, 9.17) is 9.47 Å². The number of aromatic nitrogens is 5. The van der Waals surface area contributed by atoms with Crippen molar-refractivity contribution in [1.29, 1.82) is 0 Å². The van der Waals surface area contributed by atoms with Gasteiger partial charge in [-0.1, -0.05) is 16.6 Å². The summed E-state index contributed by atoms with van der Waals surface area (Å²) in [4.78, 5) is 1.99. The standard InChI is InChI=1S/C20H25F2N7O4S2/c1-11-8-28(9-12(33-11)10-32-3)15-7-13(35(30,31)26-20(2)4-5-20)6-14-16(23-27-29(14)15)18-24-25-19(34-18)17(21)22/h6-7,11-12,17,26H,4-5,8-10H2,1-3H3/t11-,12+/m0/s1. The minimum Gasteiger partial charge on any atom is -0.382 e. The van der Waals surface area contributed by atoms with Crippen LogP contribution in [0.15, 0.2) is 17.0 Å². The Balaban J connectivity index is 1.64. The minimum atomic E-state index is -3.88. The molecule has 2 aliphatic rings. The highest BCUT2D eigenvalue weighted by Gasteiger charge is 2.41. The summed E-state index contributed by atoms with van der Waals surface area (Å²) in [5, 5.41) is 15.4. The maximum Gasteiger partial charge on any atom is 0.291 e. The second-order valence-corrected chi connectivity index (χ2v) is 11.8. The minimum absolute atomic E-state index is 0.0257. The van der Waals surface area contributed by atoms with Crippen LogP contribution < -0.4 is 9.62 Å². The lowest BCUT2D eigenvalue weighted by Gasteiger charge is -2.37. The number of hydrogen-bond acceptors (Lipinski definition) is 10. The molecule has 0 radical (unpaired) electrons. The van der Waals surface area contributed by atoms with Crippen LogP contribution in [0.1, 0.15) is 38.1 Å². The number of morpholine rings is 1. The highest BCUT2D eigenvalue weighted by molar-refractivity contribution is 7.89. The summed E-state index contributed by atoms with van der Waals surface area (Å²) in [6.07, 6.45) is -1.65. The molecule has 0 unspecified atom stereocenters. The predicted molar refractivity (Wildman–Crippen MR) is 123 cm³/mol. The van der Waals surface area contributed by atoms with Crippen LogP contribution in [0, 0.1) is 0 Å². The third-order valence-electron chi connectivity index (χ3n) is 6.00. The van der Waals surface area contributed by atoms with E-state index in [-0.39, 0.29) is 27.8 Å². The first-order chi connectivity index (χ1) is 16.6. The molecule has 0 spiro atoms. The monoisotopic (exact) mass is 529 g/mol. The van der Waals surface area contributed by atoms with Gasteiger partial charge in [-0.05, 0) is 32.8 Å². The fourth-order valence-electron chi connectivity index (χ4n) is 4.09. The number of rotatable bonds is 8. The SMILES string of the molecule is COC[C@H]1CN(c2cc(S(=O)(=O)NC3(C)CC3)cc3c(-c4nnc(C(F)F)s4)nnn23)C[C@H](C)O1. The van der Waals surface area contributed by atoms with E-state index < -0.39 is 27.0 Å². The van der Waals surface area contributed by atoms with Gasteiger partial charge in [0.25, 0.3) is 6.43 Å². The Hall–Kier alpha value is -2.33. The molecule has 4 heterocycles. The summed E-state index contributed by atoms with van der Waals surface area (Å²) in [6.45, 7) is 5.05. The molecule has 3 aromatic rings. The van der Waals surface area contributed by atoms with Crippen molar-refractivity contribution >= 4 is 32.7 Å². The molecule has 35 heavy (non-hydrogen) atoms. The van der Waals surface area contributed by atoms with Crippen molar-refractivity contribution in [3.63, 3.8) is 0 Å². The van der Waals surface area contributed by atoms with Crippen molar-refractivity contribution in [3.8, 4) is 10.7 Å². The van der Waals surface area contributed by atoms with E-state index in [1.807, 2.05) is 18.7 Å². The van der Waals surface area contributed by atoms with Crippen LogP contribution in [-0.2, 0) is 19.5 Å². The molecule has 2 atom stereocenters. The summed E-state index contributed by atoms with van der Waals surface area (Å²) in [6, 6.07) is 2.99. The molecule has 190 valence electrons. The van der Waals surface area contributed by atoms with E-state index >= 15 is 0 Å². The second kappa shape index (κ2) is 8.96. The van der Waals surface area contributed by atoms with Crippen molar-refractivity contribution in [1.82, 2.24) is 29.7 Å². The van der Waals surface area contributed by atoms with Crippen molar-refractivity contribution in [2.24, 2.45) is 0 Å². The zero-order chi connectivity index (χ0) is 25.0. The summed E-state index contributed by atoms with van der Waals surface area (Å²) in [7, 11) is -2.30. The summed E-state index contributed by atoms with van der Waals surface area (Å²) < 4.78 is 68.3. The zero-order valence-corrected chi connectivity index (χ0v) is 20.9. The molecular formula is C20H25F2N7O4S2. The zero-order valence-electron chi connectivity index (χ0n) is 19.3. The number of ether oxygens (including phenoxy) is 2. The van der Waals surface area contributed by atoms with E-state index in [0.29, 0.717) is 42.4 Å². The number of pyridine rings is 1. The van der Waals surface area contributed by atoms with E-state index in [1.54, 1.807) is 13.2 Å². The quantitative estimate of drug-likeness (QED) is 0.468. The van der Waals surface area contributed by atoms with Gasteiger partial charge in [-0.3, -0.25) is 0 Å². The third-order valence-corrected chi connectivity index (χ3v) is 8.55. The van der Waals surface area contributed by atoms with Crippen LogP contribution in [0.2, 0.25) is 0 Å². The highest BCUT2D eigenvalue weighted by atomic mass is 32.2. The van der Waals surface area contributed by atoms with Gasteiger partial charge < -0.3 is 14.4 Å². The van der Waals surface area contributed by atoms with Crippen LogP contribution in [0.25, 0.3) is 16.2 Å². The number of methoxy groups -OCH3 is 1. The largest absolute Gasteiger partial charge is 0.382 e. The van der Waals surface area contributed by atoms with Crippen LogP contribution in [0.5, 0.6) is 0 Å². The molecule has 15 heteroatoms. The third kappa shape index (κ3) is 4.87. The summed E-state index contributed by atoms with van der Waals surface area (Å²) in [5.74, 6) is 0.484. The number of sulfonamides is 1. The van der Waals surface area contributed by atoms with Gasteiger partial charge in [0.05, 0.1) is 23.7 Å². The lowest BCUT2D eigenvalue weighted by atomic mass is 10.2. The molecular weight excluding hydrogens is 504 g/mol. The number of alkyl halides is 2. The number of anilines is 1. The van der Waals surface area contributed by atoms with Gasteiger partial charge >= 0.3 is 0 Å². The maximum absolute atomic E-state index is 13.3. The molecule has 1 saturated heterocycles. The summed E-state index contributed by atoms with van der Waals surface area (Å²) >= 11 is 0.692. The lowest BCUT2D eigenvalue weighted by molar-refractivity contribution is -0.0513. The molecule has 0 amide bonds. The first-order valence-electron chi connectivity index (χ1n) is 11.0. The Bertz CT molecular complexity index is 1340. The van der Waals surface area contributed by atoms with Crippen LogP contribution in [0.4, 0.5) is 14.6 Å². The Labute approximate surface area is 204 Å². The van der Waals surface area contributed by atoms with Gasteiger partial charge in [0.15, 0.2) is 15.7 Å². The molecule has 1 N–H and O–H groups in total. The molecule has 11 nitrogen and oxygen atoms in total. The Morgan fingerprint density at radius 1 is 1.29 bits per heavy atom. The predicted octanol–water partition coefficient (Wildman–Crippen LogP) is 2.26. The van der Waals surface area contributed by atoms with Gasteiger partial charge in [0.1, 0.15) is 11.3 Å². The lowest BCUT2D eigenvalue weighted by Crippen LogP contribution is -2.49. The van der Waals surface area contributed by atoms with Crippen LogP contribution >= 0.6 is 11.3 Å². The maximum atomic E-state index is 13.3. The molecule has 0 aromatic carbocycles. The van der Waals surface area contributed by atoms with Crippen LogP contribution in [0.3, 0.4) is 0 Å². The number of halogens is 2.